The molecule has 1 aromatic carbocycles. The van der Waals surface area contributed by atoms with Gasteiger partial charge in [-0.15, -0.1) is 0 Å². The summed E-state index contributed by atoms with van der Waals surface area (Å²) in [5.74, 6) is -2.50. The van der Waals surface area contributed by atoms with Crippen LogP contribution in [0.4, 0.5) is 4.39 Å². The Labute approximate surface area is 149 Å². The lowest BCUT2D eigenvalue weighted by atomic mass is 10.0. The first-order valence-corrected chi connectivity index (χ1v) is 7.94. The van der Waals surface area contributed by atoms with Gasteiger partial charge in [0.2, 0.25) is 0 Å². The summed E-state index contributed by atoms with van der Waals surface area (Å²) >= 11 is 0. The molecule has 0 bridgehead atoms. The highest BCUT2D eigenvalue weighted by Gasteiger charge is 2.20. The molecular formula is C19H20FNO5. The minimum atomic E-state index is -1.41. The number of aryl methyl sites for hydroxylation is 1. The Morgan fingerprint density at radius 3 is 2.42 bits per heavy atom. The molecule has 0 saturated heterocycles. The van der Waals surface area contributed by atoms with E-state index in [4.69, 9.17) is 4.74 Å². The van der Waals surface area contributed by atoms with Crippen LogP contribution in [-0.2, 0) is 16.1 Å². The van der Waals surface area contributed by atoms with Crippen molar-refractivity contribution in [1.82, 2.24) is 4.57 Å². The van der Waals surface area contributed by atoms with Crippen LogP contribution in [0.5, 0.6) is 0 Å². The van der Waals surface area contributed by atoms with E-state index in [0.29, 0.717) is 16.7 Å². The Bertz CT molecular complexity index is 925. The van der Waals surface area contributed by atoms with E-state index in [-0.39, 0.29) is 0 Å². The van der Waals surface area contributed by atoms with Crippen molar-refractivity contribution in [2.45, 2.75) is 39.8 Å². The van der Waals surface area contributed by atoms with E-state index in [1.165, 1.54) is 30.5 Å². The second-order valence-corrected chi connectivity index (χ2v) is 6.93. The molecule has 138 valence electrons. The number of aromatic nitrogens is 1. The van der Waals surface area contributed by atoms with Gasteiger partial charge >= 0.3 is 11.9 Å². The van der Waals surface area contributed by atoms with Gasteiger partial charge in [-0.25, -0.2) is 9.18 Å². The molecule has 2 rings (SSSR count). The molecule has 0 aliphatic rings. The van der Waals surface area contributed by atoms with Crippen LogP contribution in [0.2, 0.25) is 0 Å². The molecule has 0 amide bonds. The number of hydrogen-bond acceptors (Lipinski definition) is 4. The first-order valence-electron chi connectivity index (χ1n) is 7.94. The number of carboxylic acids is 1. The lowest BCUT2D eigenvalue weighted by Crippen LogP contribution is -2.32. The Balaban J connectivity index is 2.55. The highest BCUT2D eigenvalue weighted by Crippen LogP contribution is 2.24. The third-order valence-electron chi connectivity index (χ3n) is 3.54. The largest absolute Gasteiger partial charge is 0.477 e. The van der Waals surface area contributed by atoms with Gasteiger partial charge in [-0.3, -0.25) is 9.59 Å². The molecule has 0 spiro atoms. The van der Waals surface area contributed by atoms with E-state index in [2.05, 4.69) is 0 Å². The average Bonchev–Trinajstić information content (AvgIpc) is 2.47. The predicted octanol–water partition coefficient (Wildman–Crippen LogP) is 3.00. The minimum Gasteiger partial charge on any atom is -0.477 e. The van der Waals surface area contributed by atoms with E-state index in [1.807, 2.05) is 0 Å². The van der Waals surface area contributed by atoms with E-state index in [0.717, 1.165) is 4.57 Å². The maximum atomic E-state index is 13.3. The van der Waals surface area contributed by atoms with Gasteiger partial charge < -0.3 is 14.4 Å². The van der Waals surface area contributed by atoms with E-state index in [1.54, 1.807) is 27.7 Å². The highest BCUT2D eigenvalue weighted by molar-refractivity contribution is 5.89. The summed E-state index contributed by atoms with van der Waals surface area (Å²) in [4.78, 5) is 35.8. The topological polar surface area (TPSA) is 85.6 Å². The summed E-state index contributed by atoms with van der Waals surface area (Å²) in [6.07, 6.45) is 1.37. The van der Waals surface area contributed by atoms with Crippen molar-refractivity contribution in [3.63, 3.8) is 0 Å². The fourth-order valence-corrected chi connectivity index (χ4v) is 2.52. The minimum absolute atomic E-state index is 0.392. The fourth-order valence-electron chi connectivity index (χ4n) is 2.52. The van der Waals surface area contributed by atoms with Crippen molar-refractivity contribution in [3.8, 4) is 11.1 Å². The second kappa shape index (κ2) is 7.11. The lowest BCUT2D eigenvalue weighted by molar-refractivity contribution is -0.155. The third kappa shape index (κ3) is 4.56. The lowest BCUT2D eigenvalue weighted by Gasteiger charge is -2.20. The van der Waals surface area contributed by atoms with Gasteiger partial charge in [-0.2, -0.15) is 0 Å². The molecule has 0 radical (unpaired) electrons. The van der Waals surface area contributed by atoms with Crippen molar-refractivity contribution in [2.24, 2.45) is 0 Å². The van der Waals surface area contributed by atoms with Gasteiger partial charge in [0.1, 0.15) is 23.5 Å². The summed E-state index contributed by atoms with van der Waals surface area (Å²) in [6.45, 7) is 6.31. The first kappa shape index (κ1) is 19.4. The third-order valence-corrected chi connectivity index (χ3v) is 3.54. The van der Waals surface area contributed by atoms with Gasteiger partial charge in [0.05, 0.1) is 0 Å². The van der Waals surface area contributed by atoms with Crippen molar-refractivity contribution in [1.29, 1.82) is 0 Å². The molecule has 1 N–H and O–H groups in total. The van der Waals surface area contributed by atoms with Crippen LogP contribution < -0.4 is 5.56 Å². The normalized spacial score (nSPS) is 11.3. The van der Waals surface area contributed by atoms with Gasteiger partial charge in [0, 0.05) is 6.20 Å². The highest BCUT2D eigenvalue weighted by atomic mass is 19.1. The second-order valence-electron chi connectivity index (χ2n) is 6.93. The smallest absolute Gasteiger partial charge is 0.341 e. The standard InChI is InChI=1S/C19H20FNO5/c1-11-7-13(20)5-6-14(11)12-8-15(18(24)25)17(23)21(9-12)10-16(22)26-19(2,3)4/h5-9H,10H2,1-4H3,(H,24,25). The molecule has 0 saturated carbocycles. The predicted molar refractivity (Wildman–Crippen MR) is 93.6 cm³/mol. The number of carbonyl (C=O) groups is 2. The Kier molecular flexibility index (Phi) is 5.30. The molecule has 0 aliphatic carbocycles. The number of rotatable bonds is 4. The number of benzene rings is 1. The van der Waals surface area contributed by atoms with Crippen molar-refractivity contribution in [2.75, 3.05) is 0 Å². The van der Waals surface area contributed by atoms with Crippen LogP contribution in [0.15, 0.2) is 35.3 Å². The van der Waals surface area contributed by atoms with E-state index < -0.39 is 41.0 Å². The fraction of sp³-hybridized carbons (Fsp3) is 0.316. The zero-order chi connectivity index (χ0) is 19.6. The number of carboxylic acid groups (broad SMARTS) is 1. The summed E-state index contributed by atoms with van der Waals surface area (Å²) in [5.41, 5.74) is -0.498. The van der Waals surface area contributed by atoms with Crippen LogP contribution in [0.25, 0.3) is 11.1 Å². The first-order chi connectivity index (χ1) is 12.0. The molecule has 0 unspecified atom stereocenters. The van der Waals surface area contributed by atoms with Crippen molar-refractivity contribution >= 4 is 11.9 Å². The molecule has 0 fully saturated rings. The molecule has 7 heteroatoms. The number of aromatic carboxylic acids is 1. The number of halogens is 1. The Morgan fingerprint density at radius 2 is 1.88 bits per heavy atom. The van der Waals surface area contributed by atoms with Gasteiger partial charge in [-0.05, 0) is 62.6 Å². The van der Waals surface area contributed by atoms with Crippen molar-refractivity contribution in [3.05, 3.63) is 57.8 Å². The average molecular weight is 361 g/mol. The summed E-state index contributed by atoms with van der Waals surface area (Å²) in [7, 11) is 0. The van der Waals surface area contributed by atoms with Crippen LogP contribution in [0.3, 0.4) is 0 Å². The maximum Gasteiger partial charge on any atom is 0.341 e. The zero-order valence-corrected chi connectivity index (χ0v) is 15.0. The van der Waals surface area contributed by atoms with Gasteiger partial charge in [0.25, 0.3) is 5.56 Å². The molecule has 6 nitrogen and oxygen atoms in total. The number of carbonyl (C=O) groups excluding carboxylic acids is 1. The molecule has 2 aromatic rings. The van der Waals surface area contributed by atoms with Crippen LogP contribution >= 0.6 is 0 Å². The molecule has 1 aromatic heterocycles. The number of nitrogens with zero attached hydrogens (tertiary/aromatic N) is 1. The molecule has 0 atom stereocenters. The number of ether oxygens (including phenoxy) is 1. The molecule has 0 aliphatic heterocycles. The quantitative estimate of drug-likeness (QED) is 0.846. The van der Waals surface area contributed by atoms with Crippen LogP contribution in [0, 0.1) is 12.7 Å². The molecule has 26 heavy (non-hydrogen) atoms. The van der Waals surface area contributed by atoms with E-state index in [9.17, 15) is 23.9 Å². The summed E-state index contributed by atoms with van der Waals surface area (Å²) in [6, 6.07) is 5.26. The van der Waals surface area contributed by atoms with Gasteiger partial charge in [-0.1, -0.05) is 6.07 Å². The van der Waals surface area contributed by atoms with Crippen LogP contribution in [0.1, 0.15) is 36.7 Å². The monoisotopic (exact) mass is 361 g/mol. The molecule has 1 heterocycles. The van der Waals surface area contributed by atoms with Gasteiger partial charge in [0.15, 0.2) is 0 Å². The SMILES string of the molecule is Cc1cc(F)ccc1-c1cc(C(=O)O)c(=O)n(CC(=O)OC(C)(C)C)c1. The number of hydrogen-bond donors (Lipinski definition) is 1. The van der Waals surface area contributed by atoms with Crippen LogP contribution in [-0.4, -0.2) is 27.2 Å². The zero-order valence-electron chi connectivity index (χ0n) is 15.0. The maximum absolute atomic E-state index is 13.3. The Hall–Kier alpha value is -2.96. The van der Waals surface area contributed by atoms with E-state index >= 15 is 0 Å². The number of esters is 1. The molecular weight excluding hydrogens is 341 g/mol. The van der Waals surface area contributed by atoms with Crippen molar-refractivity contribution < 1.29 is 23.8 Å². The summed E-state index contributed by atoms with van der Waals surface area (Å²) in [5, 5.41) is 9.31. The summed E-state index contributed by atoms with van der Waals surface area (Å²) < 4.78 is 19.5. The number of pyridine rings is 1. The Morgan fingerprint density at radius 1 is 1.23 bits per heavy atom.